The van der Waals surface area contributed by atoms with Crippen LogP contribution in [0, 0.1) is 10.1 Å². The lowest BCUT2D eigenvalue weighted by atomic mass is 9.79. The zero-order valence-electron chi connectivity index (χ0n) is 11.9. The SMILES string of the molecule is O=C1CC(c2ccccc2)C([N+](=O)[O-])C(c2ccccc2)N1. The van der Waals surface area contributed by atoms with Crippen LogP contribution in [-0.4, -0.2) is 16.9 Å². The van der Waals surface area contributed by atoms with Crippen molar-refractivity contribution in [1.82, 2.24) is 5.32 Å². The zero-order valence-corrected chi connectivity index (χ0v) is 11.9. The minimum absolute atomic E-state index is 0.138. The molecule has 1 aliphatic rings. The summed E-state index contributed by atoms with van der Waals surface area (Å²) < 4.78 is 0. The van der Waals surface area contributed by atoms with Crippen molar-refractivity contribution >= 4 is 5.91 Å². The van der Waals surface area contributed by atoms with E-state index >= 15 is 0 Å². The zero-order chi connectivity index (χ0) is 15.5. The number of rotatable bonds is 3. The van der Waals surface area contributed by atoms with Gasteiger partial charge in [-0.25, -0.2) is 0 Å². The Bertz CT molecular complexity index is 621. The molecule has 0 spiro atoms. The van der Waals surface area contributed by atoms with Crippen molar-refractivity contribution in [3.8, 4) is 0 Å². The first-order valence-electron chi connectivity index (χ1n) is 7.19. The molecule has 5 nitrogen and oxygen atoms in total. The second-order valence-electron chi connectivity index (χ2n) is 5.45. The lowest BCUT2D eigenvalue weighted by Gasteiger charge is -2.33. The van der Waals surface area contributed by atoms with E-state index in [0.29, 0.717) is 0 Å². The third kappa shape index (κ3) is 2.70. The molecule has 2 aromatic rings. The number of nitrogens with one attached hydrogen (secondary N) is 1. The topological polar surface area (TPSA) is 72.2 Å². The maximum Gasteiger partial charge on any atom is 0.244 e. The van der Waals surface area contributed by atoms with E-state index in [1.54, 1.807) is 0 Å². The number of nitro groups is 1. The fraction of sp³-hybridized carbons (Fsp3) is 0.235. The lowest BCUT2D eigenvalue weighted by molar-refractivity contribution is -0.533. The van der Waals surface area contributed by atoms with E-state index in [2.05, 4.69) is 5.32 Å². The summed E-state index contributed by atoms with van der Waals surface area (Å²) in [4.78, 5) is 23.5. The first kappa shape index (κ1) is 14.3. The van der Waals surface area contributed by atoms with Crippen molar-refractivity contribution in [1.29, 1.82) is 0 Å². The standard InChI is InChI=1S/C17H16N2O3/c20-15-11-14(12-7-3-1-4-8-12)17(19(21)22)16(18-15)13-9-5-2-6-10-13/h1-10,14,16-17H,11H2,(H,18,20). The van der Waals surface area contributed by atoms with Gasteiger partial charge in [-0.3, -0.25) is 14.9 Å². The Kier molecular flexibility index (Phi) is 3.87. The molecule has 3 rings (SSSR count). The molecule has 0 radical (unpaired) electrons. The quantitative estimate of drug-likeness (QED) is 0.699. The number of amides is 1. The molecule has 1 saturated heterocycles. The van der Waals surface area contributed by atoms with Gasteiger partial charge in [0.05, 0.1) is 5.92 Å². The number of nitrogens with zero attached hydrogens (tertiary/aromatic N) is 1. The summed E-state index contributed by atoms with van der Waals surface area (Å²) in [5.41, 5.74) is 1.60. The molecule has 2 aromatic carbocycles. The van der Waals surface area contributed by atoms with Crippen molar-refractivity contribution in [3.63, 3.8) is 0 Å². The van der Waals surface area contributed by atoms with Crippen LogP contribution in [0.1, 0.15) is 29.5 Å². The van der Waals surface area contributed by atoms with Crippen molar-refractivity contribution in [2.24, 2.45) is 0 Å². The van der Waals surface area contributed by atoms with Crippen LogP contribution in [0.5, 0.6) is 0 Å². The highest BCUT2D eigenvalue weighted by atomic mass is 16.6. The third-order valence-electron chi connectivity index (χ3n) is 4.11. The van der Waals surface area contributed by atoms with Crippen molar-refractivity contribution in [2.75, 3.05) is 0 Å². The maximum absolute atomic E-state index is 12.1. The molecule has 1 aliphatic heterocycles. The molecule has 0 bridgehead atoms. The number of carbonyl (C=O) groups excluding carboxylic acids is 1. The summed E-state index contributed by atoms with van der Waals surface area (Å²) in [6.07, 6.45) is 0.138. The minimum atomic E-state index is -0.873. The van der Waals surface area contributed by atoms with Crippen LogP contribution in [0.2, 0.25) is 0 Å². The van der Waals surface area contributed by atoms with E-state index < -0.39 is 18.0 Å². The van der Waals surface area contributed by atoms with Gasteiger partial charge in [-0.2, -0.15) is 0 Å². The Morgan fingerprint density at radius 1 is 0.955 bits per heavy atom. The highest BCUT2D eigenvalue weighted by molar-refractivity contribution is 5.79. The number of hydrogen-bond donors (Lipinski definition) is 1. The molecule has 1 fully saturated rings. The fourth-order valence-corrected chi connectivity index (χ4v) is 3.10. The van der Waals surface area contributed by atoms with Crippen LogP contribution in [0.15, 0.2) is 60.7 Å². The molecule has 1 heterocycles. The normalized spacial score (nSPS) is 24.5. The van der Waals surface area contributed by atoms with Crippen LogP contribution in [0.4, 0.5) is 0 Å². The first-order valence-corrected chi connectivity index (χ1v) is 7.19. The van der Waals surface area contributed by atoms with Gasteiger partial charge >= 0.3 is 0 Å². The molecule has 0 saturated carbocycles. The number of piperidine rings is 1. The molecule has 5 heteroatoms. The minimum Gasteiger partial charge on any atom is -0.343 e. The molecule has 1 N–H and O–H groups in total. The maximum atomic E-state index is 12.1. The molecular weight excluding hydrogens is 280 g/mol. The average Bonchev–Trinajstić information content (AvgIpc) is 2.55. The molecule has 0 aromatic heterocycles. The molecule has 112 valence electrons. The highest BCUT2D eigenvalue weighted by Gasteiger charge is 2.46. The average molecular weight is 296 g/mol. The number of hydrogen-bond acceptors (Lipinski definition) is 3. The van der Waals surface area contributed by atoms with Crippen molar-refractivity contribution < 1.29 is 9.72 Å². The monoisotopic (exact) mass is 296 g/mol. The van der Waals surface area contributed by atoms with Gasteiger partial charge < -0.3 is 5.32 Å². The summed E-state index contributed by atoms with van der Waals surface area (Å²) >= 11 is 0. The molecular formula is C17H16N2O3. The number of benzene rings is 2. The predicted molar refractivity (Wildman–Crippen MR) is 81.9 cm³/mol. The molecule has 1 amide bonds. The van der Waals surface area contributed by atoms with E-state index in [1.807, 2.05) is 60.7 Å². The van der Waals surface area contributed by atoms with Gasteiger partial charge in [0.2, 0.25) is 11.9 Å². The molecule has 0 aliphatic carbocycles. The largest absolute Gasteiger partial charge is 0.343 e. The summed E-state index contributed by atoms with van der Waals surface area (Å²) in [6.45, 7) is 0. The van der Waals surface area contributed by atoms with Gasteiger partial charge in [0.15, 0.2) is 0 Å². The Morgan fingerprint density at radius 3 is 2.05 bits per heavy atom. The van der Waals surface area contributed by atoms with Gasteiger partial charge in [0.1, 0.15) is 6.04 Å². The van der Waals surface area contributed by atoms with Gasteiger partial charge in [0.25, 0.3) is 0 Å². The van der Waals surface area contributed by atoms with Crippen LogP contribution in [0.3, 0.4) is 0 Å². The van der Waals surface area contributed by atoms with E-state index in [1.165, 1.54) is 0 Å². The smallest absolute Gasteiger partial charge is 0.244 e. The summed E-state index contributed by atoms with van der Waals surface area (Å²) in [6, 6.07) is 16.9. The molecule has 3 atom stereocenters. The Morgan fingerprint density at radius 2 is 1.50 bits per heavy atom. The second kappa shape index (κ2) is 5.97. The van der Waals surface area contributed by atoms with Crippen LogP contribution in [-0.2, 0) is 4.79 Å². The van der Waals surface area contributed by atoms with Gasteiger partial charge in [-0.05, 0) is 11.1 Å². The van der Waals surface area contributed by atoms with Crippen LogP contribution in [0.25, 0.3) is 0 Å². The van der Waals surface area contributed by atoms with Crippen molar-refractivity contribution in [3.05, 3.63) is 81.9 Å². The van der Waals surface area contributed by atoms with E-state index in [0.717, 1.165) is 11.1 Å². The fourth-order valence-electron chi connectivity index (χ4n) is 3.10. The second-order valence-corrected chi connectivity index (χ2v) is 5.45. The molecule has 3 unspecified atom stereocenters. The van der Waals surface area contributed by atoms with Gasteiger partial charge in [-0.15, -0.1) is 0 Å². The Labute approximate surface area is 128 Å². The summed E-state index contributed by atoms with van der Waals surface area (Å²) in [5, 5.41) is 14.5. The molecule has 22 heavy (non-hydrogen) atoms. The Hall–Kier alpha value is -2.69. The van der Waals surface area contributed by atoms with Crippen LogP contribution < -0.4 is 5.32 Å². The predicted octanol–water partition coefficient (Wildman–Crippen LogP) is 2.68. The highest BCUT2D eigenvalue weighted by Crippen LogP contribution is 2.36. The summed E-state index contributed by atoms with van der Waals surface area (Å²) in [5.74, 6) is -0.573. The van der Waals surface area contributed by atoms with Crippen LogP contribution >= 0.6 is 0 Å². The van der Waals surface area contributed by atoms with E-state index in [-0.39, 0.29) is 17.3 Å². The summed E-state index contributed by atoms with van der Waals surface area (Å²) in [7, 11) is 0. The van der Waals surface area contributed by atoms with Gasteiger partial charge in [-0.1, -0.05) is 60.7 Å². The van der Waals surface area contributed by atoms with E-state index in [9.17, 15) is 14.9 Å². The Balaban J connectivity index is 2.03. The van der Waals surface area contributed by atoms with E-state index in [4.69, 9.17) is 0 Å². The first-order chi connectivity index (χ1) is 10.7. The number of carbonyl (C=O) groups is 1. The lowest BCUT2D eigenvalue weighted by Crippen LogP contribution is -2.49. The van der Waals surface area contributed by atoms with Gasteiger partial charge in [0, 0.05) is 11.3 Å². The third-order valence-corrected chi connectivity index (χ3v) is 4.11. The van der Waals surface area contributed by atoms with Crippen molar-refractivity contribution in [2.45, 2.75) is 24.4 Å².